The highest BCUT2D eigenvalue weighted by Crippen LogP contribution is 2.44. The van der Waals surface area contributed by atoms with E-state index in [4.69, 9.17) is 9.47 Å². The predicted octanol–water partition coefficient (Wildman–Crippen LogP) is 2.17. The smallest absolute Gasteiger partial charge is 0.410 e. The summed E-state index contributed by atoms with van der Waals surface area (Å²) in [5, 5.41) is 0. The Bertz CT molecular complexity index is 287. The van der Waals surface area contributed by atoms with Crippen molar-refractivity contribution in [2.45, 2.75) is 57.8 Å². The molecule has 16 heavy (non-hydrogen) atoms. The Morgan fingerprint density at radius 1 is 1.38 bits per heavy atom. The summed E-state index contributed by atoms with van der Waals surface area (Å²) in [5.41, 5.74) is -0.325. The summed E-state index contributed by atoms with van der Waals surface area (Å²) >= 11 is 0. The van der Waals surface area contributed by atoms with E-state index in [1.54, 1.807) is 4.90 Å². The summed E-state index contributed by atoms with van der Waals surface area (Å²) in [6.07, 6.45) is 2.05. The fourth-order valence-corrected chi connectivity index (χ4v) is 2.24. The van der Waals surface area contributed by atoms with Crippen molar-refractivity contribution in [3.05, 3.63) is 0 Å². The van der Waals surface area contributed by atoms with Crippen LogP contribution >= 0.6 is 0 Å². The lowest BCUT2D eigenvalue weighted by atomic mass is 9.94. The minimum Gasteiger partial charge on any atom is -0.444 e. The highest BCUT2D eigenvalue weighted by atomic mass is 16.6. The molecule has 2 aliphatic heterocycles. The topological polar surface area (TPSA) is 42.1 Å². The number of hydrogen-bond acceptors (Lipinski definition) is 3. The van der Waals surface area contributed by atoms with Gasteiger partial charge in [0.05, 0.1) is 11.7 Å². The van der Waals surface area contributed by atoms with Crippen molar-refractivity contribution >= 4 is 6.09 Å². The van der Waals surface area contributed by atoms with Crippen LogP contribution in [-0.2, 0) is 9.47 Å². The van der Waals surface area contributed by atoms with E-state index >= 15 is 0 Å². The minimum atomic E-state index is -0.407. The van der Waals surface area contributed by atoms with Crippen molar-refractivity contribution in [2.24, 2.45) is 0 Å². The second-order valence-corrected chi connectivity index (χ2v) is 5.79. The molecule has 1 atom stereocenters. The molecular weight excluding hydrogens is 206 g/mol. The molecule has 2 fully saturated rings. The first-order valence-electron chi connectivity index (χ1n) is 5.98. The summed E-state index contributed by atoms with van der Waals surface area (Å²) in [5.74, 6) is 0. The van der Waals surface area contributed by atoms with Gasteiger partial charge in [-0.25, -0.2) is 4.79 Å². The van der Waals surface area contributed by atoms with Crippen LogP contribution in [0.15, 0.2) is 0 Å². The zero-order valence-corrected chi connectivity index (χ0v) is 10.6. The Hall–Kier alpha value is -0.770. The van der Waals surface area contributed by atoms with Gasteiger partial charge >= 0.3 is 6.09 Å². The Morgan fingerprint density at radius 3 is 2.25 bits per heavy atom. The molecule has 0 N–H and O–H groups in total. The second-order valence-electron chi connectivity index (χ2n) is 5.79. The number of rotatable bonds is 0. The van der Waals surface area contributed by atoms with Gasteiger partial charge in [0.15, 0.2) is 0 Å². The molecule has 2 rings (SSSR count). The number of carbonyl (C=O) groups excluding carboxylic acids is 1. The molecule has 0 aromatic heterocycles. The van der Waals surface area contributed by atoms with E-state index in [9.17, 15) is 4.79 Å². The quantitative estimate of drug-likeness (QED) is 0.596. The first-order chi connectivity index (χ1) is 7.32. The third kappa shape index (κ3) is 2.32. The minimum absolute atomic E-state index is 0.0819. The van der Waals surface area contributed by atoms with Crippen molar-refractivity contribution in [1.29, 1.82) is 0 Å². The highest BCUT2D eigenvalue weighted by molar-refractivity contribution is 5.68. The Kier molecular flexibility index (Phi) is 2.65. The highest BCUT2D eigenvalue weighted by Gasteiger charge is 2.54. The van der Waals surface area contributed by atoms with Gasteiger partial charge in [-0.05, 0) is 40.5 Å². The van der Waals surface area contributed by atoms with Crippen LogP contribution in [0.3, 0.4) is 0 Å². The molecule has 1 spiro atoms. The summed E-state index contributed by atoms with van der Waals surface area (Å²) in [4.78, 5) is 13.6. The lowest BCUT2D eigenvalue weighted by Crippen LogP contribution is -2.44. The molecule has 92 valence electrons. The monoisotopic (exact) mass is 227 g/mol. The normalized spacial score (nSPS) is 28.0. The van der Waals surface area contributed by atoms with Gasteiger partial charge in [-0.2, -0.15) is 0 Å². The average Bonchev–Trinajstić information content (AvgIpc) is 2.74. The fourth-order valence-electron chi connectivity index (χ4n) is 2.24. The lowest BCUT2D eigenvalue weighted by molar-refractivity contribution is 0.0165. The lowest BCUT2D eigenvalue weighted by Gasteiger charge is -2.32. The molecule has 0 bridgehead atoms. The third-order valence-corrected chi connectivity index (χ3v) is 3.36. The van der Waals surface area contributed by atoms with Crippen LogP contribution in [0.1, 0.15) is 40.5 Å². The summed E-state index contributed by atoms with van der Waals surface area (Å²) in [6.45, 7) is 9.27. The van der Waals surface area contributed by atoms with Crippen molar-refractivity contribution in [1.82, 2.24) is 4.90 Å². The Balaban J connectivity index is 1.83. The van der Waals surface area contributed by atoms with E-state index < -0.39 is 5.60 Å². The molecular formula is C12H21NO3. The first-order valence-corrected chi connectivity index (χ1v) is 5.98. The number of epoxide rings is 1. The third-order valence-electron chi connectivity index (χ3n) is 3.36. The van der Waals surface area contributed by atoms with Gasteiger partial charge < -0.3 is 14.4 Å². The SMILES string of the molecule is C[C@@H]1OC12CCN(C(=O)OC(C)(C)C)CC2. The molecule has 2 saturated heterocycles. The number of piperidine rings is 1. The average molecular weight is 227 g/mol. The maximum atomic E-state index is 11.8. The zero-order chi connectivity index (χ0) is 12.0. The van der Waals surface area contributed by atoms with Crippen LogP contribution in [-0.4, -0.2) is 41.4 Å². The van der Waals surface area contributed by atoms with E-state index in [0.717, 1.165) is 25.9 Å². The van der Waals surface area contributed by atoms with Gasteiger partial charge in [0, 0.05) is 13.1 Å². The van der Waals surface area contributed by atoms with E-state index in [-0.39, 0.29) is 11.7 Å². The van der Waals surface area contributed by atoms with Crippen LogP contribution in [0.4, 0.5) is 4.79 Å². The van der Waals surface area contributed by atoms with Crippen LogP contribution < -0.4 is 0 Å². The molecule has 4 heteroatoms. The van der Waals surface area contributed by atoms with Gasteiger partial charge in [0.25, 0.3) is 0 Å². The van der Waals surface area contributed by atoms with Crippen molar-refractivity contribution in [3.63, 3.8) is 0 Å². The van der Waals surface area contributed by atoms with E-state index in [0.29, 0.717) is 6.10 Å². The van der Waals surface area contributed by atoms with Gasteiger partial charge in [0.1, 0.15) is 5.60 Å². The summed E-state index contributed by atoms with van der Waals surface area (Å²) in [6, 6.07) is 0. The number of hydrogen-bond donors (Lipinski definition) is 0. The van der Waals surface area contributed by atoms with E-state index in [1.807, 2.05) is 20.8 Å². The fraction of sp³-hybridized carbons (Fsp3) is 0.917. The molecule has 4 nitrogen and oxygen atoms in total. The van der Waals surface area contributed by atoms with Crippen LogP contribution in [0, 0.1) is 0 Å². The molecule has 0 aromatic carbocycles. The van der Waals surface area contributed by atoms with Crippen LogP contribution in [0.5, 0.6) is 0 Å². The number of likely N-dealkylation sites (tertiary alicyclic amines) is 1. The second kappa shape index (κ2) is 3.62. The number of ether oxygens (including phenoxy) is 2. The van der Waals surface area contributed by atoms with E-state index in [1.165, 1.54) is 0 Å². The van der Waals surface area contributed by atoms with Gasteiger partial charge in [0.2, 0.25) is 0 Å². The van der Waals surface area contributed by atoms with Crippen molar-refractivity contribution < 1.29 is 14.3 Å². The number of nitrogens with zero attached hydrogens (tertiary/aromatic N) is 1. The van der Waals surface area contributed by atoms with E-state index in [2.05, 4.69) is 6.92 Å². The van der Waals surface area contributed by atoms with Gasteiger partial charge in [-0.1, -0.05) is 0 Å². The number of carbonyl (C=O) groups is 1. The molecule has 0 unspecified atom stereocenters. The molecule has 2 heterocycles. The molecule has 0 radical (unpaired) electrons. The van der Waals surface area contributed by atoms with Crippen molar-refractivity contribution in [3.8, 4) is 0 Å². The summed E-state index contributed by atoms with van der Waals surface area (Å²) in [7, 11) is 0. The standard InChI is InChI=1S/C12H21NO3/c1-9-12(15-9)5-7-13(8-6-12)10(14)16-11(2,3)4/h9H,5-8H2,1-4H3/t9-/m0/s1. The molecule has 1 amide bonds. The van der Waals surface area contributed by atoms with Crippen LogP contribution in [0.25, 0.3) is 0 Å². The molecule has 0 aliphatic carbocycles. The largest absolute Gasteiger partial charge is 0.444 e. The molecule has 0 saturated carbocycles. The Labute approximate surface area is 96.9 Å². The van der Waals surface area contributed by atoms with Crippen molar-refractivity contribution in [2.75, 3.05) is 13.1 Å². The van der Waals surface area contributed by atoms with Gasteiger partial charge in [-0.3, -0.25) is 0 Å². The maximum absolute atomic E-state index is 11.8. The maximum Gasteiger partial charge on any atom is 0.410 e. The molecule has 2 aliphatic rings. The zero-order valence-electron chi connectivity index (χ0n) is 10.6. The van der Waals surface area contributed by atoms with Gasteiger partial charge in [-0.15, -0.1) is 0 Å². The first kappa shape index (κ1) is 11.7. The van der Waals surface area contributed by atoms with Crippen LogP contribution in [0.2, 0.25) is 0 Å². The molecule has 0 aromatic rings. The Morgan fingerprint density at radius 2 is 1.88 bits per heavy atom. The summed E-state index contributed by atoms with van der Waals surface area (Å²) < 4.78 is 10.9. The predicted molar refractivity (Wildman–Crippen MR) is 60.3 cm³/mol. The number of amides is 1.